The molecule has 0 amide bonds. The fraction of sp³-hybridized carbons (Fsp3) is 0.500. The monoisotopic (exact) mass is 190 g/mol. The highest BCUT2D eigenvalue weighted by atomic mass is 15.1. The highest BCUT2D eigenvalue weighted by Gasteiger charge is 2.36. The van der Waals surface area contributed by atoms with Gasteiger partial charge in [-0.15, -0.1) is 0 Å². The van der Waals surface area contributed by atoms with Gasteiger partial charge in [0, 0.05) is 18.5 Å². The molecule has 1 saturated heterocycles. The Morgan fingerprint density at radius 3 is 2.57 bits per heavy atom. The van der Waals surface area contributed by atoms with Crippen molar-refractivity contribution in [3.8, 4) is 0 Å². The normalized spacial score (nSPS) is 28.1. The van der Waals surface area contributed by atoms with E-state index in [1.807, 2.05) is 0 Å². The van der Waals surface area contributed by atoms with E-state index in [0.29, 0.717) is 0 Å². The molecule has 2 N–H and O–H groups in total. The lowest BCUT2D eigenvalue weighted by Crippen LogP contribution is -2.37. The first-order chi connectivity index (χ1) is 6.77. The predicted octanol–water partition coefficient (Wildman–Crippen LogP) is 1.22. The second-order valence-corrected chi connectivity index (χ2v) is 4.34. The highest BCUT2D eigenvalue weighted by molar-refractivity contribution is 5.28. The standard InChI is InChI=1S/C12H18N2/c1-14-8-7-12(9-13,10-14)11-5-3-2-4-6-11/h2-6H,7-10,13H2,1H3. The maximum Gasteiger partial charge on any atom is 0.0215 e. The molecule has 0 aliphatic carbocycles. The van der Waals surface area contributed by atoms with E-state index in [4.69, 9.17) is 5.73 Å². The fourth-order valence-electron chi connectivity index (χ4n) is 2.39. The summed E-state index contributed by atoms with van der Waals surface area (Å²) in [4.78, 5) is 2.36. The number of likely N-dealkylation sites (N-methyl/N-ethyl adjacent to an activating group) is 1. The average molecular weight is 190 g/mol. The molecule has 0 aromatic heterocycles. The van der Waals surface area contributed by atoms with Gasteiger partial charge in [0.2, 0.25) is 0 Å². The van der Waals surface area contributed by atoms with Gasteiger partial charge in [0.1, 0.15) is 0 Å². The molecular formula is C12H18N2. The topological polar surface area (TPSA) is 29.3 Å². The zero-order valence-corrected chi connectivity index (χ0v) is 8.74. The van der Waals surface area contributed by atoms with Gasteiger partial charge >= 0.3 is 0 Å². The maximum absolute atomic E-state index is 5.94. The van der Waals surface area contributed by atoms with Crippen molar-refractivity contribution < 1.29 is 0 Å². The van der Waals surface area contributed by atoms with Gasteiger partial charge in [-0.05, 0) is 25.6 Å². The quantitative estimate of drug-likeness (QED) is 0.759. The van der Waals surface area contributed by atoms with Crippen molar-refractivity contribution in [2.24, 2.45) is 5.73 Å². The summed E-state index contributed by atoms with van der Waals surface area (Å²) in [6.07, 6.45) is 1.18. The van der Waals surface area contributed by atoms with E-state index in [1.165, 1.54) is 12.0 Å². The molecule has 0 radical (unpaired) electrons. The van der Waals surface area contributed by atoms with Crippen LogP contribution in [0.2, 0.25) is 0 Å². The highest BCUT2D eigenvalue weighted by Crippen LogP contribution is 2.32. The molecule has 0 spiro atoms. The summed E-state index contributed by atoms with van der Waals surface area (Å²) in [6.45, 7) is 3.00. The number of benzene rings is 1. The van der Waals surface area contributed by atoms with Crippen LogP contribution in [0.25, 0.3) is 0 Å². The lowest BCUT2D eigenvalue weighted by atomic mass is 9.80. The number of likely N-dealkylation sites (tertiary alicyclic amines) is 1. The summed E-state index contributed by atoms with van der Waals surface area (Å²) in [5, 5.41) is 0. The molecule has 1 unspecified atom stereocenters. The zero-order valence-electron chi connectivity index (χ0n) is 8.74. The summed E-state index contributed by atoms with van der Waals surface area (Å²) < 4.78 is 0. The van der Waals surface area contributed by atoms with E-state index < -0.39 is 0 Å². The van der Waals surface area contributed by atoms with Crippen LogP contribution in [0.4, 0.5) is 0 Å². The van der Waals surface area contributed by atoms with E-state index in [1.54, 1.807) is 0 Å². The number of nitrogens with zero attached hydrogens (tertiary/aromatic N) is 1. The zero-order chi connectivity index (χ0) is 10.0. The van der Waals surface area contributed by atoms with E-state index in [9.17, 15) is 0 Å². The fourth-order valence-corrected chi connectivity index (χ4v) is 2.39. The number of rotatable bonds is 2. The number of nitrogens with two attached hydrogens (primary N) is 1. The van der Waals surface area contributed by atoms with Gasteiger partial charge in [0.05, 0.1) is 0 Å². The minimum absolute atomic E-state index is 0.204. The molecule has 2 heteroatoms. The summed E-state index contributed by atoms with van der Waals surface area (Å²) in [5.74, 6) is 0. The molecule has 1 aliphatic rings. The number of hydrogen-bond acceptors (Lipinski definition) is 2. The minimum Gasteiger partial charge on any atom is -0.330 e. The van der Waals surface area contributed by atoms with E-state index >= 15 is 0 Å². The van der Waals surface area contributed by atoms with Crippen LogP contribution in [0, 0.1) is 0 Å². The van der Waals surface area contributed by atoms with Crippen molar-refractivity contribution in [1.82, 2.24) is 4.90 Å². The number of hydrogen-bond donors (Lipinski definition) is 1. The third-order valence-electron chi connectivity index (χ3n) is 3.32. The van der Waals surface area contributed by atoms with Crippen molar-refractivity contribution in [3.63, 3.8) is 0 Å². The van der Waals surface area contributed by atoms with Crippen molar-refractivity contribution in [3.05, 3.63) is 35.9 Å². The molecule has 76 valence electrons. The second kappa shape index (κ2) is 3.71. The Kier molecular flexibility index (Phi) is 2.57. The lowest BCUT2D eigenvalue weighted by molar-refractivity contribution is 0.371. The van der Waals surface area contributed by atoms with Gasteiger partial charge in [-0.1, -0.05) is 30.3 Å². The lowest BCUT2D eigenvalue weighted by Gasteiger charge is -2.27. The minimum atomic E-state index is 0.204. The molecule has 2 nitrogen and oxygen atoms in total. The van der Waals surface area contributed by atoms with Crippen molar-refractivity contribution >= 4 is 0 Å². The average Bonchev–Trinajstić information content (AvgIpc) is 2.63. The largest absolute Gasteiger partial charge is 0.330 e. The van der Waals surface area contributed by atoms with Crippen LogP contribution in [0.5, 0.6) is 0 Å². The Morgan fingerprint density at radius 2 is 2.07 bits per heavy atom. The van der Waals surface area contributed by atoms with Crippen molar-refractivity contribution in [2.45, 2.75) is 11.8 Å². The maximum atomic E-state index is 5.94. The van der Waals surface area contributed by atoms with Gasteiger partial charge in [-0.2, -0.15) is 0 Å². The first-order valence-electron chi connectivity index (χ1n) is 5.21. The Morgan fingerprint density at radius 1 is 1.36 bits per heavy atom. The molecule has 1 aliphatic heterocycles. The van der Waals surface area contributed by atoms with Crippen LogP contribution in [0.3, 0.4) is 0 Å². The Hall–Kier alpha value is -0.860. The molecule has 2 rings (SSSR count). The third kappa shape index (κ3) is 1.56. The second-order valence-electron chi connectivity index (χ2n) is 4.34. The summed E-state index contributed by atoms with van der Waals surface area (Å²) in [6, 6.07) is 10.7. The predicted molar refractivity (Wildman–Crippen MR) is 59.3 cm³/mol. The van der Waals surface area contributed by atoms with E-state index in [2.05, 4.69) is 42.3 Å². The van der Waals surface area contributed by atoms with Crippen LogP contribution in [-0.2, 0) is 5.41 Å². The molecule has 0 bridgehead atoms. The first-order valence-corrected chi connectivity index (χ1v) is 5.21. The van der Waals surface area contributed by atoms with Crippen LogP contribution in [-0.4, -0.2) is 31.6 Å². The molecule has 1 fully saturated rings. The van der Waals surface area contributed by atoms with Gasteiger partial charge in [-0.3, -0.25) is 0 Å². The van der Waals surface area contributed by atoms with Crippen molar-refractivity contribution in [1.29, 1.82) is 0 Å². The Labute approximate surface area is 85.7 Å². The summed E-state index contributed by atoms with van der Waals surface area (Å²) >= 11 is 0. The smallest absolute Gasteiger partial charge is 0.0215 e. The summed E-state index contributed by atoms with van der Waals surface area (Å²) in [5.41, 5.74) is 7.54. The molecule has 0 saturated carbocycles. The van der Waals surface area contributed by atoms with Gasteiger partial charge in [0.25, 0.3) is 0 Å². The van der Waals surface area contributed by atoms with E-state index in [-0.39, 0.29) is 5.41 Å². The molecule has 1 aromatic carbocycles. The molecule has 1 heterocycles. The van der Waals surface area contributed by atoms with Crippen LogP contribution >= 0.6 is 0 Å². The van der Waals surface area contributed by atoms with Crippen LogP contribution < -0.4 is 5.73 Å². The molecule has 1 atom stereocenters. The SMILES string of the molecule is CN1CCC(CN)(c2ccccc2)C1. The first kappa shape index (κ1) is 9.69. The van der Waals surface area contributed by atoms with Gasteiger partial charge < -0.3 is 10.6 Å². The van der Waals surface area contributed by atoms with Crippen LogP contribution in [0.15, 0.2) is 30.3 Å². The van der Waals surface area contributed by atoms with Gasteiger partial charge in [0.15, 0.2) is 0 Å². The third-order valence-corrected chi connectivity index (χ3v) is 3.32. The summed E-state index contributed by atoms with van der Waals surface area (Å²) in [7, 11) is 2.17. The van der Waals surface area contributed by atoms with E-state index in [0.717, 1.165) is 19.6 Å². The Bertz CT molecular complexity index is 296. The molecular weight excluding hydrogens is 172 g/mol. The van der Waals surface area contributed by atoms with Gasteiger partial charge in [-0.25, -0.2) is 0 Å². The Balaban J connectivity index is 2.30. The van der Waals surface area contributed by atoms with Crippen molar-refractivity contribution in [2.75, 3.05) is 26.7 Å². The molecule has 1 aromatic rings. The van der Waals surface area contributed by atoms with Crippen LogP contribution in [0.1, 0.15) is 12.0 Å². The molecule has 14 heavy (non-hydrogen) atoms.